The monoisotopic (exact) mass is 322 g/mol. The SMILES string of the molecule is CC(=O)N(CCNC(=O)c1ccc(Cl)cc1)C1CCCCC1. The lowest BCUT2D eigenvalue weighted by molar-refractivity contribution is -0.131. The fraction of sp³-hybridized carbons (Fsp3) is 0.529. The maximum Gasteiger partial charge on any atom is 0.251 e. The number of nitrogens with one attached hydrogen (secondary N) is 1. The van der Waals surface area contributed by atoms with Gasteiger partial charge < -0.3 is 10.2 Å². The Kier molecular flexibility index (Phi) is 6.25. The first-order chi connectivity index (χ1) is 10.6. The van der Waals surface area contributed by atoms with Gasteiger partial charge in [0.05, 0.1) is 0 Å². The van der Waals surface area contributed by atoms with E-state index in [0.717, 1.165) is 12.8 Å². The molecule has 0 saturated heterocycles. The van der Waals surface area contributed by atoms with Crippen LogP contribution in [0.15, 0.2) is 24.3 Å². The minimum absolute atomic E-state index is 0.0904. The number of carbonyl (C=O) groups excluding carboxylic acids is 2. The molecule has 1 aromatic carbocycles. The van der Waals surface area contributed by atoms with Gasteiger partial charge in [0.25, 0.3) is 5.91 Å². The standard InChI is InChI=1S/C17H23ClN2O2/c1-13(21)20(16-5-3-2-4-6-16)12-11-19-17(22)14-7-9-15(18)10-8-14/h7-10,16H,2-6,11-12H2,1H3,(H,19,22). The van der Waals surface area contributed by atoms with Crippen molar-refractivity contribution in [2.24, 2.45) is 0 Å². The molecule has 0 bridgehead atoms. The molecule has 0 aromatic heterocycles. The molecule has 120 valence electrons. The molecule has 0 atom stereocenters. The van der Waals surface area contributed by atoms with E-state index in [1.165, 1.54) is 19.3 Å². The lowest BCUT2D eigenvalue weighted by Crippen LogP contribution is -2.44. The number of amides is 2. The van der Waals surface area contributed by atoms with Gasteiger partial charge in [0.15, 0.2) is 0 Å². The van der Waals surface area contributed by atoms with Crippen molar-refractivity contribution in [3.63, 3.8) is 0 Å². The fourth-order valence-corrected chi connectivity index (χ4v) is 3.11. The Morgan fingerprint density at radius 3 is 2.41 bits per heavy atom. The van der Waals surface area contributed by atoms with E-state index in [-0.39, 0.29) is 11.8 Å². The Morgan fingerprint density at radius 1 is 1.18 bits per heavy atom. The van der Waals surface area contributed by atoms with Crippen LogP contribution in [0.4, 0.5) is 0 Å². The van der Waals surface area contributed by atoms with Gasteiger partial charge in [-0.3, -0.25) is 9.59 Å². The molecular formula is C17H23ClN2O2. The molecule has 1 saturated carbocycles. The number of nitrogens with zero attached hydrogens (tertiary/aromatic N) is 1. The van der Waals surface area contributed by atoms with Gasteiger partial charge in [-0.25, -0.2) is 0 Å². The molecule has 0 spiro atoms. The Balaban J connectivity index is 1.83. The van der Waals surface area contributed by atoms with Crippen molar-refractivity contribution in [3.05, 3.63) is 34.9 Å². The van der Waals surface area contributed by atoms with Crippen LogP contribution in [0.5, 0.6) is 0 Å². The molecule has 1 aromatic rings. The number of hydrogen-bond donors (Lipinski definition) is 1. The molecule has 22 heavy (non-hydrogen) atoms. The summed E-state index contributed by atoms with van der Waals surface area (Å²) in [6.07, 6.45) is 5.78. The summed E-state index contributed by atoms with van der Waals surface area (Å²) >= 11 is 5.81. The van der Waals surface area contributed by atoms with Crippen molar-refractivity contribution in [2.45, 2.75) is 45.1 Å². The molecule has 2 amide bonds. The van der Waals surface area contributed by atoms with Crippen LogP contribution >= 0.6 is 11.6 Å². The zero-order chi connectivity index (χ0) is 15.9. The van der Waals surface area contributed by atoms with E-state index in [1.807, 2.05) is 4.90 Å². The minimum Gasteiger partial charge on any atom is -0.350 e. The van der Waals surface area contributed by atoms with Crippen LogP contribution in [0.2, 0.25) is 5.02 Å². The largest absolute Gasteiger partial charge is 0.350 e. The van der Waals surface area contributed by atoms with Gasteiger partial charge in [-0.2, -0.15) is 0 Å². The molecule has 0 aliphatic heterocycles. The van der Waals surface area contributed by atoms with Crippen LogP contribution in [0, 0.1) is 0 Å². The van der Waals surface area contributed by atoms with Crippen LogP contribution in [0.25, 0.3) is 0 Å². The van der Waals surface area contributed by atoms with E-state index in [4.69, 9.17) is 11.6 Å². The second-order valence-electron chi connectivity index (χ2n) is 5.77. The number of rotatable bonds is 5. The Labute approximate surface area is 136 Å². The summed E-state index contributed by atoms with van der Waals surface area (Å²) in [6, 6.07) is 7.11. The minimum atomic E-state index is -0.135. The van der Waals surface area contributed by atoms with E-state index >= 15 is 0 Å². The third-order valence-electron chi connectivity index (χ3n) is 4.16. The van der Waals surface area contributed by atoms with Gasteiger partial charge in [0, 0.05) is 36.6 Å². The van der Waals surface area contributed by atoms with Gasteiger partial charge in [-0.15, -0.1) is 0 Å². The molecular weight excluding hydrogens is 300 g/mol. The first-order valence-corrected chi connectivity index (χ1v) is 8.26. The van der Waals surface area contributed by atoms with Crippen LogP contribution in [-0.2, 0) is 4.79 Å². The van der Waals surface area contributed by atoms with Gasteiger partial charge >= 0.3 is 0 Å². The van der Waals surface area contributed by atoms with Gasteiger partial charge in [-0.1, -0.05) is 30.9 Å². The number of halogens is 1. The van der Waals surface area contributed by atoms with Crippen LogP contribution < -0.4 is 5.32 Å². The zero-order valence-corrected chi connectivity index (χ0v) is 13.7. The summed E-state index contributed by atoms with van der Waals surface area (Å²) in [5.74, 6) is -0.0449. The lowest BCUT2D eigenvalue weighted by atomic mass is 9.94. The third-order valence-corrected chi connectivity index (χ3v) is 4.42. The molecule has 4 nitrogen and oxygen atoms in total. The van der Waals surface area contributed by atoms with Crippen LogP contribution in [-0.4, -0.2) is 35.8 Å². The summed E-state index contributed by atoms with van der Waals surface area (Å²) in [6.45, 7) is 2.65. The number of benzene rings is 1. The quantitative estimate of drug-likeness (QED) is 0.904. The van der Waals surface area contributed by atoms with Crippen molar-refractivity contribution in [1.29, 1.82) is 0 Å². The average molecular weight is 323 g/mol. The normalized spacial score (nSPS) is 15.4. The number of carbonyl (C=O) groups is 2. The highest BCUT2D eigenvalue weighted by atomic mass is 35.5. The third kappa shape index (κ3) is 4.73. The summed E-state index contributed by atoms with van der Waals surface area (Å²) in [5, 5.41) is 3.47. The topological polar surface area (TPSA) is 49.4 Å². The summed E-state index contributed by atoms with van der Waals surface area (Å²) < 4.78 is 0. The maximum absolute atomic E-state index is 12.0. The van der Waals surface area contributed by atoms with E-state index in [9.17, 15) is 9.59 Å². The Morgan fingerprint density at radius 2 is 1.82 bits per heavy atom. The van der Waals surface area contributed by atoms with Crippen molar-refractivity contribution in [2.75, 3.05) is 13.1 Å². The van der Waals surface area contributed by atoms with E-state index < -0.39 is 0 Å². The van der Waals surface area contributed by atoms with Crippen molar-refractivity contribution in [1.82, 2.24) is 10.2 Å². The van der Waals surface area contributed by atoms with E-state index in [2.05, 4.69) is 5.32 Å². The van der Waals surface area contributed by atoms with Crippen molar-refractivity contribution >= 4 is 23.4 Å². The van der Waals surface area contributed by atoms with Crippen molar-refractivity contribution in [3.8, 4) is 0 Å². The second kappa shape index (κ2) is 8.18. The highest BCUT2D eigenvalue weighted by molar-refractivity contribution is 6.30. The Bertz CT molecular complexity index is 510. The van der Waals surface area contributed by atoms with Gasteiger partial charge in [0.2, 0.25) is 5.91 Å². The predicted molar refractivity (Wildman–Crippen MR) is 88.0 cm³/mol. The molecule has 0 unspecified atom stereocenters. The van der Waals surface area contributed by atoms with Gasteiger partial charge in [-0.05, 0) is 37.1 Å². The molecule has 5 heteroatoms. The van der Waals surface area contributed by atoms with Crippen molar-refractivity contribution < 1.29 is 9.59 Å². The summed E-state index contributed by atoms with van der Waals surface area (Å²) in [7, 11) is 0. The van der Waals surface area contributed by atoms with Gasteiger partial charge in [0.1, 0.15) is 0 Å². The van der Waals surface area contributed by atoms with E-state index in [1.54, 1.807) is 31.2 Å². The fourth-order valence-electron chi connectivity index (χ4n) is 2.98. The molecule has 1 N–H and O–H groups in total. The average Bonchev–Trinajstić information content (AvgIpc) is 2.52. The zero-order valence-electron chi connectivity index (χ0n) is 13.0. The smallest absolute Gasteiger partial charge is 0.251 e. The molecule has 1 aliphatic rings. The summed E-state index contributed by atoms with van der Waals surface area (Å²) in [5.41, 5.74) is 0.580. The molecule has 0 heterocycles. The highest BCUT2D eigenvalue weighted by Gasteiger charge is 2.22. The first-order valence-electron chi connectivity index (χ1n) is 7.89. The molecule has 2 rings (SSSR count). The second-order valence-corrected chi connectivity index (χ2v) is 6.20. The highest BCUT2D eigenvalue weighted by Crippen LogP contribution is 2.22. The lowest BCUT2D eigenvalue weighted by Gasteiger charge is -2.33. The van der Waals surface area contributed by atoms with E-state index in [0.29, 0.717) is 29.7 Å². The first kappa shape index (κ1) is 16.8. The van der Waals surface area contributed by atoms with Crippen LogP contribution in [0.1, 0.15) is 49.4 Å². The molecule has 1 fully saturated rings. The molecule has 0 radical (unpaired) electrons. The molecule has 1 aliphatic carbocycles. The van der Waals surface area contributed by atoms with Crippen LogP contribution in [0.3, 0.4) is 0 Å². The maximum atomic E-state index is 12.0. The summed E-state index contributed by atoms with van der Waals surface area (Å²) in [4.78, 5) is 25.8. The Hall–Kier alpha value is -1.55. The predicted octanol–water partition coefficient (Wildman–Crippen LogP) is 3.25. The number of hydrogen-bond acceptors (Lipinski definition) is 2.